The third kappa shape index (κ3) is 4.18. The summed E-state index contributed by atoms with van der Waals surface area (Å²) in [4.78, 5) is 38.8. The SMILES string of the molecule is COc1ccc(Cn2c(=O)c3sccc3n(CC(=O)NC3CCCCC3)c2=O)cc1. The van der Waals surface area contributed by atoms with E-state index in [9.17, 15) is 14.4 Å². The number of thiophene rings is 1. The highest BCUT2D eigenvalue weighted by molar-refractivity contribution is 7.17. The Bertz CT molecular complexity index is 1150. The van der Waals surface area contributed by atoms with Gasteiger partial charge in [0.05, 0.1) is 19.2 Å². The molecule has 0 aliphatic heterocycles. The summed E-state index contributed by atoms with van der Waals surface area (Å²) in [6.45, 7) is 0.0468. The topological polar surface area (TPSA) is 82.3 Å². The van der Waals surface area contributed by atoms with Gasteiger partial charge in [-0.1, -0.05) is 31.4 Å². The predicted octanol–water partition coefficient (Wildman–Crippen LogP) is 2.73. The van der Waals surface area contributed by atoms with Crippen molar-refractivity contribution >= 4 is 27.5 Å². The van der Waals surface area contributed by atoms with Crippen molar-refractivity contribution in [3.05, 3.63) is 62.1 Å². The summed E-state index contributed by atoms with van der Waals surface area (Å²) < 4.78 is 8.26. The zero-order valence-corrected chi connectivity index (χ0v) is 17.7. The number of aromatic nitrogens is 2. The molecule has 1 amide bonds. The summed E-state index contributed by atoms with van der Waals surface area (Å²) in [5.74, 6) is 0.516. The summed E-state index contributed by atoms with van der Waals surface area (Å²) in [5, 5.41) is 4.83. The van der Waals surface area contributed by atoms with Crippen LogP contribution >= 0.6 is 11.3 Å². The van der Waals surface area contributed by atoms with E-state index >= 15 is 0 Å². The lowest BCUT2D eigenvalue weighted by Gasteiger charge is -2.23. The molecule has 30 heavy (non-hydrogen) atoms. The van der Waals surface area contributed by atoms with E-state index in [0.717, 1.165) is 31.2 Å². The van der Waals surface area contributed by atoms with Crippen molar-refractivity contribution in [2.24, 2.45) is 0 Å². The van der Waals surface area contributed by atoms with Crippen molar-refractivity contribution in [1.29, 1.82) is 0 Å². The fourth-order valence-electron chi connectivity index (χ4n) is 4.00. The summed E-state index contributed by atoms with van der Waals surface area (Å²) >= 11 is 1.29. The number of carbonyl (C=O) groups excluding carboxylic acids is 1. The predicted molar refractivity (Wildman–Crippen MR) is 117 cm³/mol. The Hall–Kier alpha value is -2.87. The average Bonchev–Trinajstić information content (AvgIpc) is 3.25. The molecule has 0 unspecified atom stereocenters. The van der Waals surface area contributed by atoms with Crippen molar-refractivity contribution in [3.63, 3.8) is 0 Å². The van der Waals surface area contributed by atoms with Crippen LogP contribution in [0, 0.1) is 0 Å². The van der Waals surface area contributed by atoms with E-state index in [0.29, 0.717) is 16.0 Å². The molecule has 0 atom stereocenters. The molecule has 1 saturated carbocycles. The lowest BCUT2D eigenvalue weighted by Crippen LogP contribution is -2.44. The average molecular weight is 428 g/mol. The molecule has 158 valence electrons. The van der Waals surface area contributed by atoms with Crippen LogP contribution in [-0.2, 0) is 17.9 Å². The number of nitrogens with one attached hydrogen (secondary N) is 1. The van der Waals surface area contributed by atoms with E-state index in [1.54, 1.807) is 30.7 Å². The molecule has 1 aliphatic rings. The minimum Gasteiger partial charge on any atom is -0.497 e. The molecule has 0 saturated heterocycles. The summed E-state index contributed by atoms with van der Waals surface area (Å²) in [7, 11) is 1.58. The van der Waals surface area contributed by atoms with E-state index < -0.39 is 5.69 Å². The largest absolute Gasteiger partial charge is 0.497 e. The minimum atomic E-state index is -0.472. The van der Waals surface area contributed by atoms with E-state index in [-0.39, 0.29) is 30.6 Å². The molecule has 0 spiro atoms. The van der Waals surface area contributed by atoms with Crippen LogP contribution in [-0.4, -0.2) is 28.2 Å². The Morgan fingerprint density at radius 2 is 1.83 bits per heavy atom. The number of hydrogen-bond acceptors (Lipinski definition) is 5. The third-order valence-electron chi connectivity index (χ3n) is 5.61. The van der Waals surface area contributed by atoms with Crippen LogP contribution in [0.4, 0.5) is 0 Å². The van der Waals surface area contributed by atoms with Gasteiger partial charge in [0.15, 0.2) is 0 Å². The van der Waals surface area contributed by atoms with Crippen LogP contribution in [0.2, 0.25) is 0 Å². The molecular weight excluding hydrogens is 402 g/mol. The van der Waals surface area contributed by atoms with Gasteiger partial charge in [0, 0.05) is 6.04 Å². The molecule has 1 fully saturated rings. The molecule has 2 heterocycles. The number of amides is 1. The minimum absolute atomic E-state index is 0.0918. The Balaban J connectivity index is 1.65. The molecule has 0 radical (unpaired) electrons. The molecule has 7 nitrogen and oxygen atoms in total. The van der Waals surface area contributed by atoms with Gasteiger partial charge in [-0.15, -0.1) is 11.3 Å². The number of methoxy groups -OCH3 is 1. The second-order valence-corrected chi connectivity index (χ2v) is 8.56. The molecule has 1 N–H and O–H groups in total. The quantitative estimate of drug-likeness (QED) is 0.656. The van der Waals surface area contributed by atoms with Gasteiger partial charge in [-0.25, -0.2) is 4.79 Å². The number of hydrogen-bond donors (Lipinski definition) is 1. The molecular formula is C22H25N3O4S. The van der Waals surface area contributed by atoms with Crippen LogP contribution < -0.4 is 21.3 Å². The van der Waals surface area contributed by atoms with Gasteiger partial charge in [-0.3, -0.25) is 18.7 Å². The maximum Gasteiger partial charge on any atom is 0.332 e. The van der Waals surface area contributed by atoms with E-state index in [4.69, 9.17) is 4.74 Å². The molecule has 0 bridgehead atoms. The maximum atomic E-state index is 13.2. The van der Waals surface area contributed by atoms with Crippen LogP contribution in [0.25, 0.3) is 10.2 Å². The molecule has 1 aromatic carbocycles. The number of ether oxygens (including phenoxy) is 1. The smallest absolute Gasteiger partial charge is 0.332 e. The van der Waals surface area contributed by atoms with Crippen LogP contribution in [0.5, 0.6) is 5.75 Å². The van der Waals surface area contributed by atoms with Gasteiger partial charge in [-0.2, -0.15) is 0 Å². The fourth-order valence-corrected chi connectivity index (χ4v) is 4.85. The molecule has 8 heteroatoms. The third-order valence-corrected chi connectivity index (χ3v) is 6.50. The van der Waals surface area contributed by atoms with Crippen molar-refractivity contribution in [2.75, 3.05) is 7.11 Å². The summed E-state index contributed by atoms with van der Waals surface area (Å²) in [5.41, 5.74) is 0.522. The van der Waals surface area contributed by atoms with Crippen LogP contribution in [0.1, 0.15) is 37.7 Å². The normalized spacial score (nSPS) is 14.7. The number of benzene rings is 1. The maximum absolute atomic E-state index is 13.2. The zero-order valence-electron chi connectivity index (χ0n) is 16.9. The van der Waals surface area contributed by atoms with Gasteiger partial charge >= 0.3 is 5.69 Å². The lowest BCUT2D eigenvalue weighted by atomic mass is 9.95. The first-order chi connectivity index (χ1) is 14.6. The number of carbonyl (C=O) groups is 1. The highest BCUT2D eigenvalue weighted by Crippen LogP contribution is 2.18. The molecule has 3 aromatic rings. The van der Waals surface area contributed by atoms with Gasteiger partial charge in [0.1, 0.15) is 17.0 Å². The fraction of sp³-hybridized carbons (Fsp3) is 0.409. The van der Waals surface area contributed by atoms with Crippen molar-refractivity contribution in [3.8, 4) is 5.75 Å². The number of nitrogens with zero attached hydrogens (tertiary/aromatic N) is 2. The number of rotatable bonds is 6. The Morgan fingerprint density at radius 3 is 2.53 bits per heavy atom. The highest BCUT2D eigenvalue weighted by Gasteiger charge is 2.19. The van der Waals surface area contributed by atoms with Crippen molar-refractivity contribution < 1.29 is 9.53 Å². The number of fused-ring (bicyclic) bond motifs is 1. The zero-order chi connectivity index (χ0) is 21.1. The molecule has 4 rings (SSSR count). The summed E-state index contributed by atoms with van der Waals surface area (Å²) in [6.07, 6.45) is 5.40. The van der Waals surface area contributed by atoms with Crippen molar-refractivity contribution in [1.82, 2.24) is 14.5 Å². The van der Waals surface area contributed by atoms with Crippen LogP contribution in [0.3, 0.4) is 0 Å². The van der Waals surface area contributed by atoms with Gasteiger partial charge in [0.2, 0.25) is 5.91 Å². The van der Waals surface area contributed by atoms with Crippen molar-refractivity contribution in [2.45, 2.75) is 51.2 Å². The Morgan fingerprint density at radius 1 is 1.10 bits per heavy atom. The van der Waals surface area contributed by atoms with E-state index in [2.05, 4.69) is 5.32 Å². The Labute approximate surface area is 177 Å². The lowest BCUT2D eigenvalue weighted by molar-refractivity contribution is -0.122. The second-order valence-electron chi connectivity index (χ2n) is 7.65. The molecule has 2 aromatic heterocycles. The van der Waals surface area contributed by atoms with Gasteiger partial charge in [0.25, 0.3) is 5.56 Å². The first kappa shape index (κ1) is 20.4. The second kappa shape index (κ2) is 8.87. The van der Waals surface area contributed by atoms with Gasteiger partial charge in [-0.05, 0) is 42.0 Å². The monoisotopic (exact) mass is 427 g/mol. The highest BCUT2D eigenvalue weighted by atomic mass is 32.1. The standard InChI is InChI=1S/C22H25N3O4S/c1-29-17-9-7-15(8-10-17)13-25-21(27)20-18(11-12-30-20)24(22(25)28)14-19(26)23-16-5-3-2-4-6-16/h7-12,16H,2-6,13-14H2,1H3,(H,23,26). The Kier molecular flexibility index (Phi) is 6.03. The van der Waals surface area contributed by atoms with E-state index in [1.165, 1.54) is 26.9 Å². The first-order valence-electron chi connectivity index (χ1n) is 10.2. The summed E-state index contributed by atoms with van der Waals surface area (Å²) in [6, 6.07) is 9.13. The van der Waals surface area contributed by atoms with E-state index in [1.807, 2.05) is 12.1 Å². The first-order valence-corrected chi connectivity index (χ1v) is 11.1. The molecule has 1 aliphatic carbocycles. The van der Waals surface area contributed by atoms with Gasteiger partial charge < -0.3 is 10.1 Å². The van der Waals surface area contributed by atoms with Crippen LogP contribution in [0.15, 0.2) is 45.3 Å².